The summed E-state index contributed by atoms with van der Waals surface area (Å²) in [5, 5.41) is 13.0. The van der Waals surface area contributed by atoms with Gasteiger partial charge in [0.15, 0.2) is 11.5 Å². The van der Waals surface area contributed by atoms with E-state index in [0.29, 0.717) is 42.4 Å². The first-order chi connectivity index (χ1) is 12.2. The van der Waals surface area contributed by atoms with Crippen LogP contribution in [0, 0.1) is 0 Å². The Morgan fingerprint density at radius 2 is 1.88 bits per heavy atom. The molecule has 2 aromatic carbocycles. The third-order valence-electron chi connectivity index (χ3n) is 3.83. The summed E-state index contributed by atoms with van der Waals surface area (Å²) in [4.78, 5) is 12.2. The fourth-order valence-electron chi connectivity index (χ4n) is 2.55. The van der Waals surface area contributed by atoms with Crippen LogP contribution in [0.25, 0.3) is 0 Å². The zero-order valence-corrected chi connectivity index (χ0v) is 14.0. The number of hydrogen-bond acceptors (Lipinski definition) is 5. The molecule has 0 bridgehead atoms. The van der Waals surface area contributed by atoms with Gasteiger partial charge in [0.1, 0.15) is 19.0 Å². The van der Waals surface area contributed by atoms with Gasteiger partial charge < -0.3 is 24.6 Å². The molecule has 2 N–H and O–H groups in total. The predicted molar refractivity (Wildman–Crippen MR) is 92.3 cm³/mol. The molecule has 0 radical (unpaired) electrons. The molecule has 2 aromatic rings. The van der Waals surface area contributed by atoms with E-state index in [1.165, 1.54) is 0 Å². The summed E-state index contributed by atoms with van der Waals surface area (Å²) in [6.45, 7) is 3.59. The lowest BCUT2D eigenvalue weighted by Crippen LogP contribution is -2.28. The van der Waals surface area contributed by atoms with Crippen molar-refractivity contribution in [3.63, 3.8) is 0 Å². The molecule has 6 nitrogen and oxygen atoms in total. The number of hydrogen-bond donors (Lipinski definition) is 2. The maximum atomic E-state index is 12.2. The summed E-state index contributed by atoms with van der Waals surface area (Å²) in [7, 11) is 0. The van der Waals surface area contributed by atoms with Crippen molar-refractivity contribution in [2.45, 2.75) is 13.0 Å². The van der Waals surface area contributed by atoms with E-state index >= 15 is 0 Å². The first kappa shape index (κ1) is 17.1. The molecule has 25 heavy (non-hydrogen) atoms. The number of carbonyl (C=O) groups is 1. The van der Waals surface area contributed by atoms with E-state index < -0.39 is 6.10 Å². The number of carbonyl (C=O) groups excluding carboxylic acids is 1. The molecule has 1 heterocycles. The van der Waals surface area contributed by atoms with Crippen LogP contribution in [0.5, 0.6) is 17.2 Å². The van der Waals surface area contributed by atoms with Gasteiger partial charge in [0.25, 0.3) is 5.91 Å². The maximum absolute atomic E-state index is 12.2. The first-order valence-electron chi connectivity index (χ1n) is 8.26. The Hall–Kier alpha value is -2.73. The topological polar surface area (TPSA) is 77.0 Å². The molecule has 0 aromatic heterocycles. The normalized spacial score (nSPS) is 13.8. The van der Waals surface area contributed by atoms with Gasteiger partial charge >= 0.3 is 0 Å². The van der Waals surface area contributed by atoms with Crippen LogP contribution in [0.15, 0.2) is 42.5 Å². The van der Waals surface area contributed by atoms with Crippen LogP contribution < -0.4 is 19.5 Å². The second-order valence-electron chi connectivity index (χ2n) is 5.59. The van der Waals surface area contributed by atoms with Gasteiger partial charge in [-0.2, -0.15) is 0 Å². The van der Waals surface area contributed by atoms with E-state index in [2.05, 4.69) is 5.32 Å². The molecule has 1 unspecified atom stereocenters. The van der Waals surface area contributed by atoms with Gasteiger partial charge in [-0.1, -0.05) is 6.07 Å². The molecule has 0 spiro atoms. The average molecular weight is 343 g/mol. The zero-order chi connectivity index (χ0) is 17.6. The molecule has 3 rings (SSSR count). The largest absolute Gasteiger partial charge is 0.494 e. The second kappa shape index (κ2) is 7.90. The summed E-state index contributed by atoms with van der Waals surface area (Å²) in [5.41, 5.74) is 1.18. The minimum absolute atomic E-state index is 0.103. The minimum Gasteiger partial charge on any atom is -0.494 e. The summed E-state index contributed by atoms with van der Waals surface area (Å²) < 4.78 is 16.3. The van der Waals surface area contributed by atoms with Gasteiger partial charge in [0.2, 0.25) is 0 Å². The summed E-state index contributed by atoms with van der Waals surface area (Å²) in [6.07, 6.45) is -0.831. The molecule has 1 atom stereocenters. The standard InChI is InChI=1S/C19H21NO5/c1-2-23-15-6-3-13(4-7-15)19(22)20-12-16(21)14-5-8-17-18(11-14)25-10-9-24-17/h3-8,11,16,21H,2,9-10,12H2,1H3,(H,20,22). The van der Waals surface area contributed by atoms with Crippen LogP contribution in [-0.2, 0) is 0 Å². The van der Waals surface area contributed by atoms with Crippen molar-refractivity contribution in [1.29, 1.82) is 0 Å². The van der Waals surface area contributed by atoms with Crippen LogP contribution in [-0.4, -0.2) is 37.4 Å². The monoisotopic (exact) mass is 343 g/mol. The molecule has 6 heteroatoms. The van der Waals surface area contributed by atoms with Gasteiger partial charge in [-0.05, 0) is 48.9 Å². The fourth-order valence-corrected chi connectivity index (χ4v) is 2.55. The van der Waals surface area contributed by atoms with Crippen molar-refractivity contribution in [2.24, 2.45) is 0 Å². The lowest BCUT2D eigenvalue weighted by Gasteiger charge is -2.20. The van der Waals surface area contributed by atoms with Crippen LogP contribution in [0.2, 0.25) is 0 Å². The predicted octanol–water partition coefficient (Wildman–Crippen LogP) is 2.32. The molecule has 1 aliphatic rings. The van der Waals surface area contributed by atoms with Crippen molar-refractivity contribution in [3.05, 3.63) is 53.6 Å². The fraction of sp³-hybridized carbons (Fsp3) is 0.316. The highest BCUT2D eigenvalue weighted by Crippen LogP contribution is 2.32. The Morgan fingerprint density at radius 3 is 2.60 bits per heavy atom. The minimum atomic E-state index is -0.831. The number of benzene rings is 2. The Bertz CT molecular complexity index is 729. The molecule has 0 fully saturated rings. The molecule has 1 aliphatic heterocycles. The maximum Gasteiger partial charge on any atom is 0.251 e. The number of rotatable bonds is 6. The highest BCUT2D eigenvalue weighted by molar-refractivity contribution is 5.94. The first-order valence-corrected chi connectivity index (χ1v) is 8.26. The Morgan fingerprint density at radius 1 is 1.16 bits per heavy atom. The molecular formula is C19H21NO5. The Kier molecular flexibility index (Phi) is 5.40. The third-order valence-corrected chi connectivity index (χ3v) is 3.83. The van der Waals surface area contributed by atoms with Gasteiger partial charge in [-0.15, -0.1) is 0 Å². The number of aliphatic hydroxyl groups excluding tert-OH is 1. The molecule has 0 saturated heterocycles. The van der Waals surface area contributed by atoms with E-state index in [-0.39, 0.29) is 12.5 Å². The number of ether oxygens (including phenoxy) is 3. The third kappa shape index (κ3) is 4.22. The van der Waals surface area contributed by atoms with Crippen molar-refractivity contribution < 1.29 is 24.1 Å². The summed E-state index contributed by atoms with van der Waals surface area (Å²) in [5.74, 6) is 1.75. The van der Waals surface area contributed by atoms with E-state index in [4.69, 9.17) is 14.2 Å². The SMILES string of the molecule is CCOc1ccc(C(=O)NCC(O)c2ccc3c(c2)OCCO3)cc1. The van der Waals surface area contributed by atoms with Crippen molar-refractivity contribution in [2.75, 3.05) is 26.4 Å². The molecule has 0 saturated carbocycles. The lowest BCUT2D eigenvalue weighted by molar-refractivity contribution is 0.0916. The highest BCUT2D eigenvalue weighted by Gasteiger charge is 2.16. The molecular weight excluding hydrogens is 322 g/mol. The smallest absolute Gasteiger partial charge is 0.251 e. The quantitative estimate of drug-likeness (QED) is 0.842. The van der Waals surface area contributed by atoms with Gasteiger partial charge in [0, 0.05) is 12.1 Å². The number of fused-ring (bicyclic) bond motifs is 1. The van der Waals surface area contributed by atoms with E-state index in [1.807, 2.05) is 6.92 Å². The van der Waals surface area contributed by atoms with Gasteiger partial charge in [-0.25, -0.2) is 0 Å². The van der Waals surface area contributed by atoms with Crippen molar-refractivity contribution in [3.8, 4) is 17.2 Å². The van der Waals surface area contributed by atoms with Gasteiger partial charge in [0.05, 0.1) is 12.7 Å². The lowest BCUT2D eigenvalue weighted by atomic mass is 10.1. The number of nitrogens with one attached hydrogen (secondary N) is 1. The van der Waals surface area contributed by atoms with Crippen LogP contribution >= 0.6 is 0 Å². The van der Waals surface area contributed by atoms with E-state index in [0.717, 1.165) is 5.75 Å². The van der Waals surface area contributed by atoms with E-state index in [9.17, 15) is 9.90 Å². The van der Waals surface area contributed by atoms with Crippen LogP contribution in [0.1, 0.15) is 28.9 Å². The average Bonchev–Trinajstić information content (AvgIpc) is 2.66. The van der Waals surface area contributed by atoms with E-state index in [1.54, 1.807) is 42.5 Å². The Balaban J connectivity index is 1.58. The van der Waals surface area contributed by atoms with Gasteiger partial charge in [-0.3, -0.25) is 4.79 Å². The number of aliphatic hydroxyl groups is 1. The van der Waals surface area contributed by atoms with Crippen LogP contribution in [0.4, 0.5) is 0 Å². The van der Waals surface area contributed by atoms with Crippen molar-refractivity contribution in [1.82, 2.24) is 5.32 Å². The second-order valence-corrected chi connectivity index (χ2v) is 5.59. The molecule has 132 valence electrons. The summed E-state index contributed by atoms with van der Waals surface area (Å²) >= 11 is 0. The number of amides is 1. The summed E-state index contributed by atoms with van der Waals surface area (Å²) in [6, 6.07) is 12.1. The zero-order valence-electron chi connectivity index (χ0n) is 14.0. The van der Waals surface area contributed by atoms with Crippen molar-refractivity contribution >= 4 is 5.91 Å². The highest BCUT2D eigenvalue weighted by atomic mass is 16.6. The molecule has 0 aliphatic carbocycles. The Labute approximate surface area is 146 Å². The van der Waals surface area contributed by atoms with Crippen LogP contribution in [0.3, 0.4) is 0 Å². The molecule has 1 amide bonds.